The van der Waals surface area contributed by atoms with E-state index in [1.54, 1.807) is 18.2 Å². The standard InChI is InChI=1S/C21H20F2N2O2/c1-2-4-20(26)25-10-3-5-18(25)21-24-17-12-14(7-9-19(17)27-21)13-6-8-15(22)16(23)11-13/h6-9,11-12,18H,2-5,10H2,1H3/t18-/m1/s1. The third-order valence-corrected chi connectivity index (χ3v) is 4.98. The van der Waals surface area contributed by atoms with Crippen LogP contribution >= 0.6 is 0 Å². The van der Waals surface area contributed by atoms with E-state index in [4.69, 9.17) is 4.42 Å². The Morgan fingerprint density at radius 2 is 1.96 bits per heavy atom. The molecule has 1 fully saturated rings. The molecule has 0 N–H and O–H groups in total. The van der Waals surface area contributed by atoms with Crippen molar-refractivity contribution < 1.29 is 18.0 Å². The van der Waals surface area contributed by atoms with Gasteiger partial charge in [-0.3, -0.25) is 4.79 Å². The normalized spacial score (nSPS) is 17.0. The van der Waals surface area contributed by atoms with Crippen molar-refractivity contribution in [2.75, 3.05) is 6.54 Å². The highest BCUT2D eigenvalue weighted by Gasteiger charge is 2.33. The molecule has 0 aliphatic carbocycles. The van der Waals surface area contributed by atoms with Crippen molar-refractivity contribution in [3.8, 4) is 11.1 Å². The van der Waals surface area contributed by atoms with Crippen LogP contribution in [0.1, 0.15) is 44.5 Å². The molecule has 1 saturated heterocycles. The van der Waals surface area contributed by atoms with E-state index >= 15 is 0 Å². The Hall–Kier alpha value is -2.76. The number of rotatable bonds is 4. The quantitative estimate of drug-likeness (QED) is 0.631. The second-order valence-corrected chi connectivity index (χ2v) is 6.86. The lowest BCUT2D eigenvalue weighted by Gasteiger charge is -2.21. The second kappa shape index (κ2) is 7.10. The summed E-state index contributed by atoms with van der Waals surface area (Å²) in [5.74, 6) is -1.09. The number of hydrogen-bond acceptors (Lipinski definition) is 3. The Labute approximate surface area is 155 Å². The van der Waals surface area contributed by atoms with Crippen LogP contribution in [0.15, 0.2) is 40.8 Å². The zero-order valence-electron chi connectivity index (χ0n) is 15.0. The van der Waals surface area contributed by atoms with Gasteiger partial charge in [0.15, 0.2) is 17.2 Å². The van der Waals surface area contributed by atoms with Gasteiger partial charge in [0.25, 0.3) is 0 Å². The SMILES string of the molecule is CCCC(=O)N1CCC[C@@H]1c1nc2cc(-c3ccc(F)c(F)c3)ccc2o1. The summed E-state index contributed by atoms with van der Waals surface area (Å²) in [6, 6.07) is 9.03. The van der Waals surface area contributed by atoms with Gasteiger partial charge in [0.05, 0.1) is 0 Å². The van der Waals surface area contributed by atoms with Crippen molar-refractivity contribution in [1.29, 1.82) is 0 Å². The van der Waals surface area contributed by atoms with Gasteiger partial charge in [-0.2, -0.15) is 0 Å². The van der Waals surface area contributed by atoms with Crippen LogP contribution in [0.5, 0.6) is 0 Å². The number of oxazole rings is 1. The molecule has 0 saturated carbocycles. The third kappa shape index (κ3) is 3.31. The molecule has 0 radical (unpaired) electrons. The summed E-state index contributed by atoms with van der Waals surface area (Å²) in [4.78, 5) is 18.8. The number of nitrogens with zero attached hydrogens (tertiary/aromatic N) is 2. The number of halogens is 2. The number of benzene rings is 2. The minimum atomic E-state index is -0.885. The summed E-state index contributed by atoms with van der Waals surface area (Å²) in [6.45, 7) is 2.71. The average molecular weight is 370 g/mol. The fraction of sp³-hybridized carbons (Fsp3) is 0.333. The first kappa shape index (κ1) is 17.6. The van der Waals surface area contributed by atoms with Crippen LogP contribution in [-0.4, -0.2) is 22.3 Å². The van der Waals surface area contributed by atoms with Crippen LogP contribution in [-0.2, 0) is 4.79 Å². The maximum absolute atomic E-state index is 13.5. The number of fused-ring (bicyclic) bond motifs is 1. The molecule has 3 aromatic rings. The molecule has 1 amide bonds. The van der Waals surface area contributed by atoms with Crippen LogP contribution in [0.25, 0.3) is 22.2 Å². The van der Waals surface area contributed by atoms with E-state index in [9.17, 15) is 13.6 Å². The fourth-order valence-electron chi connectivity index (χ4n) is 3.62. The van der Waals surface area contributed by atoms with Crippen molar-refractivity contribution in [2.24, 2.45) is 0 Å². The van der Waals surface area contributed by atoms with Crippen molar-refractivity contribution in [2.45, 2.75) is 38.6 Å². The number of likely N-dealkylation sites (tertiary alicyclic amines) is 1. The van der Waals surface area contributed by atoms with Gasteiger partial charge in [-0.05, 0) is 54.7 Å². The molecule has 4 rings (SSSR count). The Bertz CT molecular complexity index is 999. The topological polar surface area (TPSA) is 46.3 Å². The largest absolute Gasteiger partial charge is 0.438 e. The number of amides is 1. The zero-order chi connectivity index (χ0) is 19.0. The Morgan fingerprint density at radius 1 is 1.19 bits per heavy atom. The Kier molecular flexibility index (Phi) is 4.64. The monoisotopic (exact) mass is 370 g/mol. The highest BCUT2D eigenvalue weighted by atomic mass is 19.2. The van der Waals surface area contributed by atoms with E-state index in [0.29, 0.717) is 29.0 Å². The summed E-state index contributed by atoms with van der Waals surface area (Å²) in [6.07, 6.45) is 3.10. The lowest BCUT2D eigenvalue weighted by molar-refractivity contribution is -0.132. The molecule has 0 bridgehead atoms. The van der Waals surface area contributed by atoms with E-state index < -0.39 is 11.6 Å². The molecule has 27 heavy (non-hydrogen) atoms. The minimum Gasteiger partial charge on any atom is -0.438 e. The van der Waals surface area contributed by atoms with Crippen LogP contribution < -0.4 is 0 Å². The molecule has 2 aromatic carbocycles. The molecule has 4 nitrogen and oxygen atoms in total. The lowest BCUT2D eigenvalue weighted by atomic mass is 10.1. The van der Waals surface area contributed by atoms with Crippen molar-refractivity contribution in [1.82, 2.24) is 9.88 Å². The van der Waals surface area contributed by atoms with Crippen LogP contribution in [0.2, 0.25) is 0 Å². The molecule has 0 spiro atoms. The highest BCUT2D eigenvalue weighted by Crippen LogP contribution is 2.35. The average Bonchev–Trinajstić information content (AvgIpc) is 3.29. The number of carbonyl (C=O) groups is 1. The predicted octanol–water partition coefficient (Wildman–Crippen LogP) is 5.24. The second-order valence-electron chi connectivity index (χ2n) is 6.86. The van der Waals surface area contributed by atoms with Gasteiger partial charge in [0, 0.05) is 13.0 Å². The van der Waals surface area contributed by atoms with E-state index in [0.717, 1.165) is 37.4 Å². The zero-order valence-corrected chi connectivity index (χ0v) is 15.0. The fourth-order valence-corrected chi connectivity index (χ4v) is 3.62. The summed E-state index contributed by atoms with van der Waals surface area (Å²) < 4.78 is 32.6. The van der Waals surface area contributed by atoms with Gasteiger partial charge in [-0.1, -0.05) is 19.1 Å². The smallest absolute Gasteiger partial charge is 0.223 e. The molecular weight excluding hydrogens is 350 g/mol. The molecule has 1 aromatic heterocycles. The van der Waals surface area contributed by atoms with Crippen LogP contribution in [0.3, 0.4) is 0 Å². The molecule has 0 unspecified atom stereocenters. The van der Waals surface area contributed by atoms with Crippen molar-refractivity contribution in [3.05, 3.63) is 53.9 Å². The summed E-state index contributed by atoms with van der Waals surface area (Å²) >= 11 is 0. The summed E-state index contributed by atoms with van der Waals surface area (Å²) in [5.41, 5.74) is 2.56. The van der Waals surface area contributed by atoms with Gasteiger partial charge < -0.3 is 9.32 Å². The maximum Gasteiger partial charge on any atom is 0.223 e. The lowest BCUT2D eigenvalue weighted by Crippen LogP contribution is -2.30. The number of carbonyl (C=O) groups excluding carboxylic acids is 1. The summed E-state index contributed by atoms with van der Waals surface area (Å²) in [5, 5.41) is 0. The molecule has 1 aliphatic rings. The van der Waals surface area contributed by atoms with Gasteiger partial charge in [0.1, 0.15) is 11.6 Å². The molecular formula is C21H20F2N2O2. The van der Waals surface area contributed by atoms with Gasteiger partial charge in [0.2, 0.25) is 11.8 Å². The van der Waals surface area contributed by atoms with Crippen LogP contribution in [0.4, 0.5) is 8.78 Å². The van der Waals surface area contributed by atoms with Gasteiger partial charge in [-0.15, -0.1) is 0 Å². The molecule has 1 aliphatic heterocycles. The van der Waals surface area contributed by atoms with E-state index in [1.165, 1.54) is 12.1 Å². The number of hydrogen-bond donors (Lipinski definition) is 0. The van der Waals surface area contributed by atoms with Crippen molar-refractivity contribution in [3.63, 3.8) is 0 Å². The molecule has 140 valence electrons. The third-order valence-electron chi connectivity index (χ3n) is 4.98. The van der Waals surface area contributed by atoms with Gasteiger partial charge >= 0.3 is 0 Å². The van der Waals surface area contributed by atoms with E-state index in [-0.39, 0.29) is 11.9 Å². The summed E-state index contributed by atoms with van der Waals surface area (Å²) in [7, 11) is 0. The first-order chi connectivity index (χ1) is 13.1. The Balaban J connectivity index is 1.66. The highest BCUT2D eigenvalue weighted by molar-refractivity contribution is 5.81. The first-order valence-corrected chi connectivity index (χ1v) is 9.22. The first-order valence-electron chi connectivity index (χ1n) is 9.22. The molecule has 1 atom stereocenters. The molecule has 2 heterocycles. The van der Waals surface area contributed by atoms with Crippen molar-refractivity contribution >= 4 is 17.0 Å². The van der Waals surface area contributed by atoms with E-state index in [1.807, 2.05) is 11.8 Å². The van der Waals surface area contributed by atoms with E-state index in [2.05, 4.69) is 4.98 Å². The maximum atomic E-state index is 13.5. The predicted molar refractivity (Wildman–Crippen MR) is 98.0 cm³/mol. The molecule has 6 heteroatoms. The Morgan fingerprint density at radius 3 is 2.74 bits per heavy atom. The van der Waals surface area contributed by atoms with Gasteiger partial charge in [-0.25, -0.2) is 13.8 Å². The minimum absolute atomic E-state index is 0.129. The number of aromatic nitrogens is 1. The van der Waals surface area contributed by atoms with Crippen LogP contribution in [0, 0.1) is 11.6 Å².